The number of nitrogens with one attached hydrogen (secondary N) is 1. The third-order valence-corrected chi connectivity index (χ3v) is 4.71. The van der Waals surface area contributed by atoms with Crippen LogP contribution < -0.4 is 15.6 Å². The van der Waals surface area contributed by atoms with Crippen LogP contribution in [-0.4, -0.2) is 35.4 Å². The van der Waals surface area contributed by atoms with E-state index in [1.165, 1.54) is 10.7 Å². The number of anilines is 1. The molecule has 1 aromatic heterocycles. The molecule has 0 fully saturated rings. The van der Waals surface area contributed by atoms with E-state index in [4.69, 9.17) is 9.47 Å². The van der Waals surface area contributed by atoms with E-state index in [9.17, 15) is 14.4 Å². The summed E-state index contributed by atoms with van der Waals surface area (Å²) in [6.07, 6.45) is 0.673. The Morgan fingerprint density at radius 3 is 2.38 bits per heavy atom. The van der Waals surface area contributed by atoms with Crippen molar-refractivity contribution in [3.63, 3.8) is 0 Å². The van der Waals surface area contributed by atoms with Crippen LogP contribution in [0.25, 0.3) is 11.3 Å². The lowest BCUT2D eigenvalue weighted by atomic mass is 10.1. The largest absolute Gasteiger partial charge is 0.497 e. The monoisotopic (exact) mass is 435 g/mol. The number of hydrogen-bond acceptors (Lipinski definition) is 6. The number of amides is 1. The van der Waals surface area contributed by atoms with Gasteiger partial charge in [0.05, 0.1) is 25.0 Å². The van der Waals surface area contributed by atoms with Gasteiger partial charge < -0.3 is 14.8 Å². The highest BCUT2D eigenvalue weighted by Crippen LogP contribution is 2.19. The van der Waals surface area contributed by atoms with E-state index >= 15 is 0 Å². The van der Waals surface area contributed by atoms with Gasteiger partial charge in [0.2, 0.25) is 5.91 Å². The summed E-state index contributed by atoms with van der Waals surface area (Å²) in [5.74, 6) is 0.150. The molecule has 2 aromatic carbocycles. The molecule has 0 aliphatic heterocycles. The molecule has 8 nitrogen and oxygen atoms in total. The molecule has 0 unspecified atom stereocenters. The zero-order valence-corrected chi connectivity index (χ0v) is 18.0. The molecule has 0 atom stereocenters. The lowest BCUT2D eigenvalue weighted by Crippen LogP contribution is -2.23. The molecule has 3 rings (SSSR count). The predicted octanol–water partition coefficient (Wildman–Crippen LogP) is 3.51. The zero-order chi connectivity index (χ0) is 22.9. The van der Waals surface area contributed by atoms with Crippen LogP contribution in [0.1, 0.15) is 30.1 Å². The minimum Gasteiger partial charge on any atom is -0.497 e. The molecule has 0 aliphatic rings. The summed E-state index contributed by atoms with van der Waals surface area (Å²) >= 11 is 0. The molecule has 3 aromatic rings. The van der Waals surface area contributed by atoms with Crippen LogP contribution in [0.5, 0.6) is 5.75 Å². The Hall–Kier alpha value is -3.94. The van der Waals surface area contributed by atoms with Gasteiger partial charge in [0, 0.05) is 30.3 Å². The van der Waals surface area contributed by atoms with Crippen molar-refractivity contribution in [1.29, 1.82) is 0 Å². The number of rotatable bonds is 9. The lowest BCUT2D eigenvalue weighted by Gasteiger charge is -2.09. The number of ether oxygens (including phenoxy) is 2. The van der Waals surface area contributed by atoms with Gasteiger partial charge in [-0.2, -0.15) is 5.10 Å². The maximum Gasteiger partial charge on any atom is 0.338 e. The van der Waals surface area contributed by atoms with Crippen molar-refractivity contribution >= 4 is 17.6 Å². The first-order valence-corrected chi connectivity index (χ1v) is 10.3. The summed E-state index contributed by atoms with van der Waals surface area (Å²) in [7, 11) is 1.60. The van der Waals surface area contributed by atoms with Crippen LogP contribution >= 0.6 is 0 Å². The van der Waals surface area contributed by atoms with Crippen LogP contribution in [-0.2, 0) is 16.1 Å². The average molecular weight is 435 g/mol. The minimum atomic E-state index is -0.403. The molecule has 0 spiro atoms. The first kappa shape index (κ1) is 22.7. The van der Waals surface area contributed by atoms with Gasteiger partial charge in [0.15, 0.2) is 0 Å². The number of aromatic nitrogens is 2. The molecule has 166 valence electrons. The molecule has 1 N–H and O–H groups in total. The summed E-state index contributed by atoms with van der Waals surface area (Å²) in [6.45, 7) is 2.36. The maximum absolute atomic E-state index is 12.2. The second-order valence-corrected chi connectivity index (χ2v) is 6.96. The molecule has 0 radical (unpaired) electrons. The number of carbonyl (C=O) groups is 2. The van der Waals surface area contributed by atoms with Crippen molar-refractivity contribution in [2.45, 2.75) is 26.3 Å². The van der Waals surface area contributed by atoms with Crippen molar-refractivity contribution in [3.8, 4) is 17.0 Å². The number of aryl methyl sites for hydroxylation is 1. The Bertz CT molecular complexity index is 1120. The first-order chi connectivity index (χ1) is 15.5. The summed E-state index contributed by atoms with van der Waals surface area (Å²) < 4.78 is 11.5. The molecule has 0 bridgehead atoms. The van der Waals surface area contributed by atoms with E-state index in [1.54, 1.807) is 44.4 Å². The fourth-order valence-corrected chi connectivity index (χ4v) is 3.04. The summed E-state index contributed by atoms with van der Waals surface area (Å²) in [5, 5.41) is 7.19. The highest BCUT2D eigenvalue weighted by molar-refractivity contribution is 5.93. The molecule has 0 saturated carbocycles. The number of methoxy groups -OCH3 is 1. The van der Waals surface area contributed by atoms with Crippen molar-refractivity contribution in [1.82, 2.24) is 9.78 Å². The molecule has 0 aliphatic carbocycles. The standard InChI is InChI=1S/C24H25N3O5/c1-3-32-24(30)18-6-10-19(11-7-18)25-22(28)5-4-16-27-23(29)15-14-21(26-27)17-8-12-20(31-2)13-9-17/h6-15H,3-5,16H2,1-2H3,(H,25,28). The Kier molecular flexibility index (Phi) is 7.75. The molecule has 1 heterocycles. The number of esters is 1. The van der Waals surface area contributed by atoms with E-state index in [2.05, 4.69) is 10.4 Å². The van der Waals surface area contributed by atoms with E-state index in [0.29, 0.717) is 36.5 Å². The summed E-state index contributed by atoms with van der Waals surface area (Å²) in [6, 6.07) is 17.0. The van der Waals surface area contributed by atoms with Gasteiger partial charge in [0.1, 0.15) is 5.75 Å². The van der Waals surface area contributed by atoms with Crippen LogP contribution in [0.4, 0.5) is 5.69 Å². The third kappa shape index (κ3) is 6.04. The summed E-state index contributed by atoms with van der Waals surface area (Å²) in [4.78, 5) is 36.1. The van der Waals surface area contributed by atoms with E-state index < -0.39 is 5.97 Å². The third-order valence-electron chi connectivity index (χ3n) is 4.71. The van der Waals surface area contributed by atoms with Gasteiger partial charge >= 0.3 is 5.97 Å². The molecule has 0 saturated heterocycles. The fourth-order valence-electron chi connectivity index (χ4n) is 3.04. The Balaban J connectivity index is 1.55. The van der Waals surface area contributed by atoms with Crippen molar-refractivity contribution in [2.75, 3.05) is 19.0 Å². The van der Waals surface area contributed by atoms with Gasteiger partial charge in [-0.15, -0.1) is 0 Å². The second-order valence-electron chi connectivity index (χ2n) is 6.96. The SMILES string of the molecule is CCOC(=O)c1ccc(NC(=O)CCCn2nc(-c3ccc(OC)cc3)ccc2=O)cc1. The maximum atomic E-state index is 12.2. The average Bonchev–Trinajstić information content (AvgIpc) is 2.81. The molecule has 32 heavy (non-hydrogen) atoms. The van der Waals surface area contributed by atoms with Crippen LogP contribution in [0.2, 0.25) is 0 Å². The highest BCUT2D eigenvalue weighted by atomic mass is 16.5. The normalized spacial score (nSPS) is 10.4. The number of hydrogen-bond donors (Lipinski definition) is 1. The highest BCUT2D eigenvalue weighted by Gasteiger charge is 2.08. The Morgan fingerprint density at radius 2 is 1.72 bits per heavy atom. The van der Waals surface area contributed by atoms with E-state index in [1.807, 2.05) is 24.3 Å². The number of benzene rings is 2. The topological polar surface area (TPSA) is 99.5 Å². The lowest BCUT2D eigenvalue weighted by molar-refractivity contribution is -0.116. The van der Waals surface area contributed by atoms with Crippen molar-refractivity contribution in [2.24, 2.45) is 0 Å². The zero-order valence-electron chi connectivity index (χ0n) is 18.0. The Morgan fingerprint density at radius 1 is 1.00 bits per heavy atom. The van der Waals surface area contributed by atoms with Crippen molar-refractivity contribution < 1.29 is 19.1 Å². The first-order valence-electron chi connectivity index (χ1n) is 10.3. The number of nitrogens with zero attached hydrogens (tertiary/aromatic N) is 2. The van der Waals surface area contributed by atoms with Gasteiger partial charge in [0.25, 0.3) is 5.56 Å². The van der Waals surface area contributed by atoms with Gasteiger partial charge in [-0.25, -0.2) is 9.48 Å². The molecule has 1 amide bonds. The van der Waals surface area contributed by atoms with E-state index in [0.717, 1.165) is 11.3 Å². The van der Waals surface area contributed by atoms with E-state index in [-0.39, 0.29) is 17.9 Å². The summed E-state index contributed by atoms with van der Waals surface area (Å²) in [5.41, 5.74) is 2.31. The number of carbonyl (C=O) groups excluding carboxylic acids is 2. The molecule has 8 heteroatoms. The Labute approximate surface area is 185 Å². The van der Waals surface area contributed by atoms with Crippen LogP contribution in [0.15, 0.2) is 65.5 Å². The fraction of sp³-hybridized carbons (Fsp3) is 0.250. The molecular formula is C24H25N3O5. The quantitative estimate of drug-likeness (QED) is 0.517. The van der Waals surface area contributed by atoms with Crippen LogP contribution in [0, 0.1) is 0 Å². The van der Waals surface area contributed by atoms with Gasteiger partial charge in [-0.05, 0) is 67.9 Å². The van der Waals surface area contributed by atoms with Crippen LogP contribution in [0.3, 0.4) is 0 Å². The minimum absolute atomic E-state index is 0.187. The van der Waals surface area contributed by atoms with Gasteiger partial charge in [-0.3, -0.25) is 9.59 Å². The second kappa shape index (κ2) is 10.9. The molecular weight excluding hydrogens is 410 g/mol. The van der Waals surface area contributed by atoms with Gasteiger partial charge in [-0.1, -0.05) is 0 Å². The smallest absolute Gasteiger partial charge is 0.338 e. The van der Waals surface area contributed by atoms with Crippen molar-refractivity contribution in [3.05, 3.63) is 76.6 Å². The predicted molar refractivity (Wildman–Crippen MR) is 121 cm³/mol.